The molecule has 0 saturated carbocycles. The molecule has 1 unspecified atom stereocenters. The summed E-state index contributed by atoms with van der Waals surface area (Å²) in [5, 5.41) is 8.86. The Morgan fingerprint density at radius 2 is 1.44 bits per heavy atom. The van der Waals surface area contributed by atoms with Crippen molar-refractivity contribution in [1.29, 1.82) is 0 Å². The maximum atomic E-state index is 8.86. The lowest BCUT2D eigenvalue weighted by Crippen LogP contribution is -2.42. The van der Waals surface area contributed by atoms with Crippen molar-refractivity contribution < 1.29 is 18.4 Å². The van der Waals surface area contributed by atoms with Gasteiger partial charge in [-0.3, -0.25) is 0 Å². The molecule has 0 aliphatic carbocycles. The van der Waals surface area contributed by atoms with Crippen molar-refractivity contribution in [1.82, 2.24) is 0 Å². The summed E-state index contributed by atoms with van der Waals surface area (Å²) >= 11 is 0. The molecular formula is C13H32O4Si. The third kappa shape index (κ3) is 10.0. The Bertz CT molecular complexity index is 155. The van der Waals surface area contributed by atoms with Gasteiger partial charge in [0.1, 0.15) is 0 Å². The van der Waals surface area contributed by atoms with E-state index in [1.807, 2.05) is 6.92 Å². The molecule has 18 heavy (non-hydrogen) atoms. The van der Waals surface area contributed by atoms with E-state index in [2.05, 4.69) is 13.8 Å². The van der Waals surface area contributed by atoms with Crippen LogP contribution in [0, 0.1) is 0 Å². The van der Waals surface area contributed by atoms with Gasteiger partial charge in [-0.1, -0.05) is 33.6 Å². The van der Waals surface area contributed by atoms with Crippen LogP contribution in [-0.4, -0.2) is 41.3 Å². The van der Waals surface area contributed by atoms with Gasteiger partial charge in [0.2, 0.25) is 0 Å². The minimum Gasteiger partial charge on any atom is -0.393 e. The van der Waals surface area contributed by atoms with Crippen LogP contribution in [0.2, 0.25) is 6.04 Å². The second-order valence-electron chi connectivity index (χ2n) is 4.25. The Balaban J connectivity index is 0. The minimum absolute atomic E-state index is 0.0509. The van der Waals surface area contributed by atoms with E-state index in [4.69, 9.17) is 18.4 Å². The van der Waals surface area contributed by atoms with E-state index in [1.165, 1.54) is 0 Å². The smallest absolute Gasteiger partial charge is 0.393 e. The third-order valence-corrected chi connectivity index (χ3v) is 5.69. The zero-order valence-corrected chi connectivity index (χ0v) is 14.0. The molecule has 0 rings (SSSR count). The second kappa shape index (κ2) is 13.5. The highest BCUT2D eigenvalue weighted by atomic mass is 28.4. The van der Waals surface area contributed by atoms with Crippen molar-refractivity contribution in [3.8, 4) is 0 Å². The number of hydrogen-bond donors (Lipinski definition) is 1. The summed E-state index contributed by atoms with van der Waals surface area (Å²) in [6, 6.07) is 0.910. The molecule has 0 heterocycles. The predicted molar refractivity (Wildman–Crippen MR) is 77.7 cm³/mol. The molecule has 0 bridgehead atoms. The van der Waals surface area contributed by atoms with Crippen molar-refractivity contribution in [3.05, 3.63) is 0 Å². The van der Waals surface area contributed by atoms with Crippen molar-refractivity contribution in [3.63, 3.8) is 0 Å². The standard InChI is InChI=1S/C7H18O3Si.C6H14O/c1-5-6-7-11(8-2,9-3)10-4;1-3-5-6(7)4-2/h5-7H2,1-4H3;6-7H,3-5H2,1-2H3. The van der Waals surface area contributed by atoms with Crippen LogP contribution >= 0.6 is 0 Å². The summed E-state index contributed by atoms with van der Waals surface area (Å²) < 4.78 is 15.7. The predicted octanol–water partition coefficient (Wildman–Crippen LogP) is 3.22. The van der Waals surface area contributed by atoms with Gasteiger partial charge in [0.15, 0.2) is 0 Å². The van der Waals surface area contributed by atoms with Gasteiger partial charge in [0.05, 0.1) is 6.10 Å². The maximum absolute atomic E-state index is 8.86. The fraction of sp³-hybridized carbons (Fsp3) is 1.00. The van der Waals surface area contributed by atoms with Crippen molar-refractivity contribution in [2.75, 3.05) is 21.3 Å². The van der Waals surface area contributed by atoms with Crippen LogP contribution in [0.5, 0.6) is 0 Å². The van der Waals surface area contributed by atoms with Gasteiger partial charge in [-0.05, 0) is 19.3 Å². The van der Waals surface area contributed by atoms with Crippen LogP contribution in [0.1, 0.15) is 52.9 Å². The third-order valence-electron chi connectivity index (χ3n) is 2.86. The molecular weight excluding hydrogens is 248 g/mol. The normalized spacial score (nSPS) is 12.8. The highest BCUT2D eigenvalue weighted by Crippen LogP contribution is 2.15. The highest BCUT2D eigenvalue weighted by molar-refractivity contribution is 6.60. The number of hydrogen-bond acceptors (Lipinski definition) is 4. The van der Waals surface area contributed by atoms with Gasteiger partial charge < -0.3 is 18.4 Å². The molecule has 0 aromatic heterocycles. The monoisotopic (exact) mass is 280 g/mol. The first-order chi connectivity index (χ1) is 8.55. The second-order valence-corrected chi connectivity index (χ2v) is 7.34. The molecule has 1 atom stereocenters. The summed E-state index contributed by atoms with van der Waals surface area (Å²) in [6.45, 7) is 6.22. The first-order valence-corrected chi connectivity index (χ1v) is 8.82. The first-order valence-electron chi connectivity index (χ1n) is 6.89. The summed E-state index contributed by atoms with van der Waals surface area (Å²) in [7, 11) is 2.70. The van der Waals surface area contributed by atoms with Crippen molar-refractivity contribution in [2.24, 2.45) is 0 Å². The fourth-order valence-corrected chi connectivity index (χ4v) is 3.39. The molecule has 0 radical (unpaired) electrons. The summed E-state index contributed by atoms with van der Waals surface area (Å²) in [4.78, 5) is 0. The lowest BCUT2D eigenvalue weighted by Gasteiger charge is -2.23. The molecule has 0 aliphatic heterocycles. The van der Waals surface area contributed by atoms with E-state index < -0.39 is 8.80 Å². The molecule has 0 spiro atoms. The molecule has 0 amide bonds. The van der Waals surface area contributed by atoms with Crippen LogP contribution in [0.25, 0.3) is 0 Å². The van der Waals surface area contributed by atoms with Gasteiger partial charge >= 0.3 is 8.80 Å². The van der Waals surface area contributed by atoms with E-state index >= 15 is 0 Å². The topological polar surface area (TPSA) is 47.9 Å². The molecule has 0 aromatic carbocycles. The highest BCUT2D eigenvalue weighted by Gasteiger charge is 2.36. The molecule has 5 heteroatoms. The van der Waals surface area contributed by atoms with E-state index in [-0.39, 0.29) is 6.10 Å². The molecule has 4 nitrogen and oxygen atoms in total. The van der Waals surface area contributed by atoms with Crippen LogP contribution in [0.3, 0.4) is 0 Å². The Morgan fingerprint density at radius 3 is 1.67 bits per heavy atom. The number of unbranched alkanes of at least 4 members (excludes halogenated alkanes) is 1. The Morgan fingerprint density at radius 1 is 0.944 bits per heavy atom. The molecule has 0 saturated heterocycles. The average molecular weight is 280 g/mol. The minimum atomic E-state index is -2.24. The van der Waals surface area contributed by atoms with Gasteiger partial charge in [-0.2, -0.15) is 0 Å². The molecule has 0 fully saturated rings. The summed E-state index contributed by atoms with van der Waals surface area (Å²) in [6.07, 6.45) is 5.14. The lowest BCUT2D eigenvalue weighted by molar-refractivity contribution is 0.123. The van der Waals surface area contributed by atoms with Crippen molar-refractivity contribution in [2.45, 2.75) is 65.0 Å². The van der Waals surface area contributed by atoms with E-state index in [9.17, 15) is 0 Å². The summed E-state index contributed by atoms with van der Waals surface area (Å²) in [5.74, 6) is 0. The zero-order chi connectivity index (χ0) is 14.4. The SMILES string of the molecule is CCCC(O)CC.CCCC[Si](OC)(OC)OC. The number of aliphatic hydroxyl groups excluding tert-OH is 1. The van der Waals surface area contributed by atoms with Gasteiger partial charge in [-0.25, -0.2) is 0 Å². The average Bonchev–Trinajstić information content (AvgIpc) is 2.42. The Hall–Kier alpha value is 0.0569. The van der Waals surface area contributed by atoms with Crippen LogP contribution in [0.4, 0.5) is 0 Å². The summed E-state index contributed by atoms with van der Waals surface area (Å²) in [5.41, 5.74) is 0. The Labute approximate surface area is 114 Å². The van der Waals surface area contributed by atoms with Crippen molar-refractivity contribution >= 4 is 8.80 Å². The number of rotatable bonds is 9. The quantitative estimate of drug-likeness (QED) is 0.659. The largest absolute Gasteiger partial charge is 0.500 e. The number of aliphatic hydroxyl groups is 1. The molecule has 112 valence electrons. The maximum Gasteiger partial charge on any atom is 0.500 e. The van der Waals surface area contributed by atoms with E-state index in [0.29, 0.717) is 0 Å². The van der Waals surface area contributed by atoms with E-state index in [0.717, 1.165) is 38.1 Å². The van der Waals surface area contributed by atoms with Gasteiger partial charge in [-0.15, -0.1) is 0 Å². The fourth-order valence-electron chi connectivity index (χ4n) is 1.49. The van der Waals surface area contributed by atoms with Crippen LogP contribution in [-0.2, 0) is 13.3 Å². The molecule has 0 aliphatic rings. The first kappa shape index (κ1) is 20.4. The van der Waals surface area contributed by atoms with Gasteiger partial charge in [0, 0.05) is 27.4 Å². The van der Waals surface area contributed by atoms with Gasteiger partial charge in [0.25, 0.3) is 0 Å². The van der Waals surface area contributed by atoms with E-state index in [1.54, 1.807) is 21.3 Å². The van der Waals surface area contributed by atoms with Crippen LogP contribution < -0.4 is 0 Å². The molecule has 0 aromatic rings. The Kier molecular flexibility index (Phi) is 15.3. The van der Waals surface area contributed by atoms with Crippen LogP contribution in [0.15, 0.2) is 0 Å². The molecule has 1 N–H and O–H groups in total. The lowest BCUT2D eigenvalue weighted by atomic mass is 10.2. The zero-order valence-electron chi connectivity index (χ0n) is 13.0.